The van der Waals surface area contributed by atoms with Crippen molar-refractivity contribution in [1.29, 1.82) is 0 Å². The second-order valence-electron chi connectivity index (χ2n) is 7.89. The van der Waals surface area contributed by atoms with Gasteiger partial charge in [-0.15, -0.1) is 11.3 Å². The van der Waals surface area contributed by atoms with Gasteiger partial charge in [-0.2, -0.15) is 5.10 Å². The maximum absolute atomic E-state index is 13.0. The predicted molar refractivity (Wildman–Crippen MR) is 95.8 cm³/mol. The van der Waals surface area contributed by atoms with E-state index >= 15 is 0 Å². The summed E-state index contributed by atoms with van der Waals surface area (Å²) in [4.78, 5) is 26.8. The first-order valence-electron chi connectivity index (χ1n) is 8.32. The molecule has 0 N–H and O–H groups in total. The van der Waals surface area contributed by atoms with Gasteiger partial charge in [-0.25, -0.2) is 9.48 Å². The van der Waals surface area contributed by atoms with E-state index in [0.29, 0.717) is 17.5 Å². The fourth-order valence-electron chi connectivity index (χ4n) is 2.88. The zero-order valence-corrected chi connectivity index (χ0v) is 15.9. The summed E-state index contributed by atoms with van der Waals surface area (Å²) >= 11 is 1.47. The number of fused-ring (bicyclic) bond motifs is 1. The molecule has 130 valence electrons. The van der Waals surface area contributed by atoms with Crippen LogP contribution in [0.25, 0.3) is 10.1 Å². The van der Waals surface area contributed by atoms with Gasteiger partial charge < -0.3 is 4.74 Å². The molecule has 3 rings (SSSR count). The Kier molecular flexibility index (Phi) is 3.86. The average Bonchev–Trinajstić information content (AvgIpc) is 3.14. The molecule has 6 heteroatoms. The number of hydrogen-bond acceptors (Lipinski definition) is 5. The van der Waals surface area contributed by atoms with Gasteiger partial charge in [-0.1, -0.05) is 13.8 Å². The Hall–Kier alpha value is -1.69. The van der Waals surface area contributed by atoms with Gasteiger partial charge in [0.2, 0.25) is 0 Å². The van der Waals surface area contributed by atoms with Gasteiger partial charge in [0.15, 0.2) is 5.54 Å². The van der Waals surface area contributed by atoms with Gasteiger partial charge in [-0.3, -0.25) is 4.79 Å². The number of rotatable bonds is 3. The molecule has 0 bridgehead atoms. The van der Waals surface area contributed by atoms with Crippen LogP contribution in [0.1, 0.15) is 63.9 Å². The quantitative estimate of drug-likeness (QED) is 0.793. The third-order valence-electron chi connectivity index (χ3n) is 4.18. The zero-order chi connectivity index (χ0) is 17.9. The summed E-state index contributed by atoms with van der Waals surface area (Å²) in [5.74, 6) is -0.185. The van der Waals surface area contributed by atoms with E-state index in [9.17, 15) is 9.59 Å². The third kappa shape index (κ3) is 2.77. The van der Waals surface area contributed by atoms with E-state index in [0.717, 1.165) is 16.0 Å². The lowest BCUT2D eigenvalue weighted by Crippen LogP contribution is -2.42. The molecule has 1 saturated carbocycles. The maximum atomic E-state index is 13.0. The molecule has 0 saturated heterocycles. The first-order valence-corrected chi connectivity index (χ1v) is 9.14. The first-order chi connectivity index (χ1) is 11.0. The number of carbonyl (C=O) groups excluding carboxylic acids is 1. The molecule has 0 aromatic carbocycles. The lowest BCUT2D eigenvalue weighted by atomic mass is 10.1. The van der Waals surface area contributed by atoms with Gasteiger partial charge in [0.1, 0.15) is 10.3 Å². The molecule has 1 fully saturated rings. The molecule has 0 spiro atoms. The minimum absolute atomic E-state index is 0.169. The number of aromatic nitrogens is 2. The number of esters is 1. The summed E-state index contributed by atoms with van der Waals surface area (Å²) < 4.78 is 7.64. The van der Waals surface area contributed by atoms with Crippen LogP contribution in [0.2, 0.25) is 0 Å². The molecule has 0 atom stereocenters. The number of carbonyl (C=O) groups is 1. The summed E-state index contributed by atoms with van der Waals surface area (Å²) in [5.41, 5.74) is -0.833. The fourth-order valence-corrected chi connectivity index (χ4v) is 3.82. The highest BCUT2D eigenvalue weighted by molar-refractivity contribution is 7.18. The Morgan fingerprint density at radius 3 is 2.50 bits per heavy atom. The Balaban J connectivity index is 2.18. The van der Waals surface area contributed by atoms with Crippen molar-refractivity contribution >= 4 is 27.4 Å². The van der Waals surface area contributed by atoms with Crippen molar-refractivity contribution in [3.05, 3.63) is 27.0 Å². The minimum Gasteiger partial charge on any atom is -0.458 e. The molecular weight excluding hydrogens is 324 g/mol. The van der Waals surface area contributed by atoms with Gasteiger partial charge in [0.05, 0.1) is 5.69 Å². The van der Waals surface area contributed by atoms with E-state index in [4.69, 9.17) is 4.74 Å². The summed E-state index contributed by atoms with van der Waals surface area (Å²) in [6.45, 7) is 11.6. The Bertz CT molecular complexity index is 867. The number of thiophene rings is 1. The molecule has 24 heavy (non-hydrogen) atoms. The highest BCUT2D eigenvalue weighted by Gasteiger charge is 2.56. The first kappa shape index (κ1) is 17.1. The van der Waals surface area contributed by atoms with Gasteiger partial charge in [-0.05, 0) is 52.5 Å². The molecule has 0 unspecified atom stereocenters. The Morgan fingerprint density at radius 2 is 2.00 bits per heavy atom. The number of hydrogen-bond donors (Lipinski definition) is 0. The summed E-state index contributed by atoms with van der Waals surface area (Å²) in [7, 11) is 0. The molecule has 2 aromatic heterocycles. The standard InChI is InChI=1S/C18H24N2O3S/c1-10(2)13-12-9-11(3)24-14(12)15(21)20(19-13)18(7-8-18)16(22)23-17(4,5)6/h9-10H,7-8H2,1-6H3. The second-order valence-corrected chi connectivity index (χ2v) is 9.15. The predicted octanol–water partition coefficient (Wildman–Crippen LogP) is 3.72. The topological polar surface area (TPSA) is 61.2 Å². The van der Waals surface area contributed by atoms with Crippen LogP contribution in [-0.2, 0) is 15.1 Å². The SMILES string of the molecule is Cc1cc2c(C(C)C)nn(C3(C(=O)OC(C)(C)C)CC3)c(=O)c2s1. The lowest BCUT2D eigenvalue weighted by Gasteiger charge is -2.25. The molecule has 0 amide bonds. The van der Waals surface area contributed by atoms with Crippen molar-refractivity contribution in [2.75, 3.05) is 0 Å². The third-order valence-corrected chi connectivity index (χ3v) is 5.22. The number of ether oxygens (including phenoxy) is 1. The molecule has 5 nitrogen and oxygen atoms in total. The van der Waals surface area contributed by atoms with Gasteiger partial charge >= 0.3 is 5.97 Å². The lowest BCUT2D eigenvalue weighted by molar-refractivity contribution is -0.161. The molecule has 0 aliphatic heterocycles. The average molecular weight is 348 g/mol. The van der Waals surface area contributed by atoms with Crippen LogP contribution >= 0.6 is 11.3 Å². The highest BCUT2D eigenvalue weighted by Crippen LogP contribution is 2.45. The van der Waals surface area contributed by atoms with Crippen LogP contribution in [0.5, 0.6) is 0 Å². The van der Waals surface area contributed by atoms with Crippen LogP contribution in [-0.4, -0.2) is 21.4 Å². The van der Waals surface area contributed by atoms with E-state index in [1.165, 1.54) is 16.0 Å². The van der Waals surface area contributed by atoms with Crippen molar-refractivity contribution in [3.63, 3.8) is 0 Å². The largest absolute Gasteiger partial charge is 0.458 e. The Labute approximate surface area is 145 Å². The highest BCUT2D eigenvalue weighted by atomic mass is 32.1. The van der Waals surface area contributed by atoms with E-state index in [1.54, 1.807) is 0 Å². The van der Waals surface area contributed by atoms with Gasteiger partial charge in [0.25, 0.3) is 5.56 Å². The van der Waals surface area contributed by atoms with Crippen LogP contribution in [0, 0.1) is 6.92 Å². The summed E-state index contributed by atoms with van der Waals surface area (Å²) in [6.07, 6.45) is 1.20. The van der Waals surface area contributed by atoms with Gasteiger partial charge in [0, 0.05) is 10.3 Å². The molecule has 0 radical (unpaired) electrons. The normalized spacial score (nSPS) is 16.6. The molecule has 2 aromatic rings. The van der Waals surface area contributed by atoms with Crippen molar-refractivity contribution < 1.29 is 9.53 Å². The second kappa shape index (κ2) is 5.41. The van der Waals surface area contributed by atoms with Crippen LogP contribution < -0.4 is 5.56 Å². The minimum atomic E-state index is -0.930. The summed E-state index contributed by atoms with van der Waals surface area (Å²) in [6, 6.07) is 2.02. The molecule has 1 aliphatic rings. The van der Waals surface area contributed by atoms with E-state index < -0.39 is 11.1 Å². The molecule has 1 aliphatic carbocycles. The van der Waals surface area contributed by atoms with Crippen LogP contribution in [0.3, 0.4) is 0 Å². The smallest absolute Gasteiger partial charge is 0.334 e. The number of aryl methyl sites for hydroxylation is 1. The van der Waals surface area contributed by atoms with E-state index in [-0.39, 0.29) is 17.4 Å². The van der Waals surface area contributed by atoms with E-state index in [2.05, 4.69) is 18.9 Å². The van der Waals surface area contributed by atoms with Crippen molar-refractivity contribution in [1.82, 2.24) is 9.78 Å². The van der Waals surface area contributed by atoms with Crippen LogP contribution in [0.4, 0.5) is 0 Å². The van der Waals surface area contributed by atoms with Crippen molar-refractivity contribution in [3.8, 4) is 0 Å². The molecular formula is C18H24N2O3S. The van der Waals surface area contributed by atoms with E-state index in [1.807, 2.05) is 33.8 Å². The summed E-state index contributed by atoms with van der Waals surface area (Å²) in [5, 5.41) is 5.52. The van der Waals surface area contributed by atoms with Crippen LogP contribution in [0.15, 0.2) is 10.9 Å². The number of nitrogens with zero attached hydrogens (tertiary/aromatic N) is 2. The fraction of sp³-hybridized carbons (Fsp3) is 0.611. The molecule has 2 heterocycles. The monoisotopic (exact) mass is 348 g/mol. The maximum Gasteiger partial charge on any atom is 0.334 e. The zero-order valence-electron chi connectivity index (χ0n) is 15.1. The van der Waals surface area contributed by atoms with Crippen molar-refractivity contribution in [2.24, 2.45) is 0 Å². The Morgan fingerprint density at radius 1 is 1.38 bits per heavy atom. The van der Waals surface area contributed by atoms with Crippen molar-refractivity contribution in [2.45, 2.75) is 71.4 Å².